The monoisotopic (exact) mass is 329 g/mol. The first-order valence-corrected chi connectivity index (χ1v) is 8.58. The van der Waals surface area contributed by atoms with E-state index < -0.39 is 0 Å². The molecule has 2 N–H and O–H groups in total. The van der Waals surface area contributed by atoms with Gasteiger partial charge in [-0.2, -0.15) is 0 Å². The maximum absolute atomic E-state index is 4.36. The Bertz CT molecular complexity index is 710. The van der Waals surface area contributed by atoms with Gasteiger partial charge in [-0.15, -0.1) is 10.2 Å². The van der Waals surface area contributed by atoms with Crippen molar-refractivity contribution in [3.8, 4) is 0 Å². The highest BCUT2D eigenvalue weighted by molar-refractivity contribution is 5.79. The summed E-state index contributed by atoms with van der Waals surface area (Å²) in [4.78, 5) is 4.36. The molecule has 1 aliphatic rings. The molecule has 3 rings (SSSR count). The van der Waals surface area contributed by atoms with Crippen molar-refractivity contribution in [2.75, 3.05) is 7.05 Å². The normalized spacial score (nSPS) is 17.9. The minimum Gasteiger partial charge on any atom is -0.353 e. The number of aromatic nitrogens is 4. The zero-order valence-electron chi connectivity index (χ0n) is 15.0. The third kappa shape index (κ3) is 3.44. The highest BCUT2D eigenvalue weighted by atomic mass is 15.3. The minimum atomic E-state index is 0.339. The summed E-state index contributed by atoms with van der Waals surface area (Å²) in [5.74, 6) is 3.40. The summed E-state index contributed by atoms with van der Waals surface area (Å²) in [7, 11) is 3.86. The Morgan fingerprint density at radius 2 is 2.25 bits per heavy atom. The molecular formula is C17H27N7. The van der Waals surface area contributed by atoms with Crippen LogP contribution >= 0.6 is 0 Å². The molecule has 0 bridgehead atoms. The molecular weight excluding hydrogens is 302 g/mol. The molecule has 0 aliphatic carbocycles. The van der Waals surface area contributed by atoms with E-state index in [0.29, 0.717) is 12.0 Å². The van der Waals surface area contributed by atoms with E-state index in [1.165, 1.54) is 5.69 Å². The Balaban J connectivity index is 1.61. The van der Waals surface area contributed by atoms with E-state index in [9.17, 15) is 0 Å². The lowest BCUT2D eigenvalue weighted by Crippen LogP contribution is -2.47. The Hall–Kier alpha value is -2.31. The number of fused-ring (bicyclic) bond motifs is 1. The van der Waals surface area contributed by atoms with Crippen LogP contribution in [-0.4, -0.2) is 38.4 Å². The number of aryl methyl sites for hydroxylation is 2. The summed E-state index contributed by atoms with van der Waals surface area (Å²) in [5.41, 5.74) is 1.23. The largest absolute Gasteiger partial charge is 0.353 e. The van der Waals surface area contributed by atoms with Gasteiger partial charge in [0, 0.05) is 50.9 Å². The van der Waals surface area contributed by atoms with Crippen molar-refractivity contribution in [1.82, 2.24) is 30.0 Å². The van der Waals surface area contributed by atoms with Crippen LogP contribution in [0.15, 0.2) is 23.3 Å². The van der Waals surface area contributed by atoms with E-state index in [4.69, 9.17) is 0 Å². The Morgan fingerprint density at radius 3 is 2.92 bits per heavy atom. The van der Waals surface area contributed by atoms with Crippen LogP contribution in [-0.2, 0) is 26.6 Å². The molecule has 24 heavy (non-hydrogen) atoms. The van der Waals surface area contributed by atoms with Crippen molar-refractivity contribution in [3.05, 3.63) is 35.7 Å². The smallest absolute Gasteiger partial charge is 0.191 e. The van der Waals surface area contributed by atoms with Gasteiger partial charge in [-0.25, -0.2) is 0 Å². The number of aliphatic imine (C=N–C) groups is 1. The molecule has 3 heterocycles. The molecule has 2 aromatic rings. The van der Waals surface area contributed by atoms with Gasteiger partial charge in [0.05, 0.1) is 6.54 Å². The standard InChI is InChI=1S/C17H27N7/c1-12(2)16-22-21-15-8-7-13(11-24(15)16)20-17(18-3)19-10-14-6-5-9-23(14)4/h5-6,9,12-13H,7-8,10-11H2,1-4H3,(H2,18,19,20). The molecule has 7 nitrogen and oxygen atoms in total. The average molecular weight is 329 g/mol. The molecule has 0 aromatic carbocycles. The zero-order chi connectivity index (χ0) is 17.1. The minimum absolute atomic E-state index is 0.339. The predicted octanol–water partition coefficient (Wildman–Crippen LogP) is 1.42. The lowest BCUT2D eigenvalue weighted by Gasteiger charge is -2.27. The maximum Gasteiger partial charge on any atom is 0.191 e. The van der Waals surface area contributed by atoms with E-state index in [1.807, 2.05) is 7.05 Å². The summed E-state index contributed by atoms with van der Waals surface area (Å²) in [6, 6.07) is 4.50. The lowest BCUT2D eigenvalue weighted by atomic mass is 10.1. The number of hydrogen-bond acceptors (Lipinski definition) is 3. The summed E-state index contributed by atoms with van der Waals surface area (Å²) < 4.78 is 4.37. The zero-order valence-corrected chi connectivity index (χ0v) is 15.0. The van der Waals surface area contributed by atoms with Gasteiger partial charge in [0.1, 0.15) is 11.6 Å². The number of rotatable bonds is 4. The molecule has 130 valence electrons. The molecule has 0 saturated carbocycles. The van der Waals surface area contributed by atoms with E-state index in [0.717, 1.165) is 43.5 Å². The van der Waals surface area contributed by atoms with Crippen LogP contribution in [0.5, 0.6) is 0 Å². The van der Waals surface area contributed by atoms with Gasteiger partial charge in [-0.1, -0.05) is 13.8 Å². The van der Waals surface area contributed by atoms with Crippen LogP contribution in [0.1, 0.15) is 43.5 Å². The SMILES string of the molecule is CN=C(NCc1cccn1C)NC1CCc2nnc(C(C)C)n2C1. The van der Waals surface area contributed by atoms with Crippen LogP contribution in [0.4, 0.5) is 0 Å². The number of nitrogens with zero attached hydrogens (tertiary/aromatic N) is 5. The van der Waals surface area contributed by atoms with Gasteiger partial charge in [-0.05, 0) is 18.6 Å². The molecule has 0 saturated heterocycles. The summed E-state index contributed by atoms with van der Waals surface area (Å²) in [6.45, 7) is 5.97. The van der Waals surface area contributed by atoms with Gasteiger partial charge in [0.2, 0.25) is 0 Å². The Labute approximate surface area is 143 Å². The topological polar surface area (TPSA) is 72.1 Å². The molecule has 0 radical (unpaired) electrons. The fourth-order valence-corrected chi connectivity index (χ4v) is 3.14. The van der Waals surface area contributed by atoms with E-state index >= 15 is 0 Å². The quantitative estimate of drug-likeness (QED) is 0.657. The molecule has 0 amide bonds. The molecule has 7 heteroatoms. The molecule has 0 spiro atoms. The molecule has 1 aliphatic heterocycles. The van der Waals surface area contributed by atoms with Gasteiger partial charge in [-0.3, -0.25) is 4.99 Å². The fraction of sp³-hybridized carbons (Fsp3) is 0.588. The van der Waals surface area contributed by atoms with Crippen LogP contribution in [0.3, 0.4) is 0 Å². The van der Waals surface area contributed by atoms with Gasteiger partial charge < -0.3 is 19.8 Å². The second kappa shape index (κ2) is 7.07. The highest BCUT2D eigenvalue weighted by Crippen LogP contribution is 2.20. The van der Waals surface area contributed by atoms with Gasteiger partial charge >= 0.3 is 0 Å². The van der Waals surface area contributed by atoms with Crippen LogP contribution in [0.25, 0.3) is 0 Å². The highest BCUT2D eigenvalue weighted by Gasteiger charge is 2.24. The third-order valence-corrected chi connectivity index (χ3v) is 4.54. The van der Waals surface area contributed by atoms with E-state index in [-0.39, 0.29) is 0 Å². The summed E-state index contributed by atoms with van der Waals surface area (Å²) >= 11 is 0. The molecule has 2 aromatic heterocycles. The molecule has 1 unspecified atom stereocenters. The first-order chi connectivity index (χ1) is 11.6. The first-order valence-electron chi connectivity index (χ1n) is 8.58. The van der Waals surface area contributed by atoms with Crippen molar-refractivity contribution < 1.29 is 0 Å². The second-order valence-electron chi connectivity index (χ2n) is 6.66. The number of guanidine groups is 1. The Kier molecular flexibility index (Phi) is 4.87. The summed E-state index contributed by atoms with van der Waals surface area (Å²) in [5, 5.41) is 15.6. The van der Waals surface area contributed by atoms with Crippen LogP contribution in [0, 0.1) is 0 Å². The third-order valence-electron chi connectivity index (χ3n) is 4.54. The average Bonchev–Trinajstić information content (AvgIpc) is 3.17. The van der Waals surface area contributed by atoms with Gasteiger partial charge in [0.25, 0.3) is 0 Å². The van der Waals surface area contributed by atoms with Gasteiger partial charge in [0.15, 0.2) is 5.96 Å². The van der Waals surface area contributed by atoms with Crippen molar-refractivity contribution in [2.45, 2.75) is 51.7 Å². The van der Waals surface area contributed by atoms with E-state index in [1.54, 1.807) is 0 Å². The van der Waals surface area contributed by atoms with E-state index in [2.05, 4.69) is 74.2 Å². The Morgan fingerprint density at radius 1 is 1.42 bits per heavy atom. The summed E-state index contributed by atoms with van der Waals surface area (Å²) in [6.07, 6.45) is 4.04. The molecule has 0 fully saturated rings. The fourth-order valence-electron chi connectivity index (χ4n) is 3.14. The second-order valence-corrected chi connectivity index (χ2v) is 6.66. The maximum atomic E-state index is 4.36. The number of nitrogens with one attached hydrogen (secondary N) is 2. The van der Waals surface area contributed by atoms with Crippen molar-refractivity contribution in [3.63, 3.8) is 0 Å². The predicted molar refractivity (Wildman–Crippen MR) is 95.0 cm³/mol. The lowest BCUT2D eigenvalue weighted by molar-refractivity contribution is 0.407. The van der Waals surface area contributed by atoms with Crippen LogP contribution in [0.2, 0.25) is 0 Å². The van der Waals surface area contributed by atoms with Crippen LogP contribution < -0.4 is 10.6 Å². The molecule has 1 atom stereocenters. The van der Waals surface area contributed by atoms with Crippen molar-refractivity contribution >= 4 is 5.96 Å². The number of hydrogen-bond donors (Lipinski definition) is 2. The van der Waals surface area contributed by atoms with Crippen molar-refractivity contribution in [1.29, 1.82) is 0 Å². The van der Waals surface area contributed by atoms with Crippen molar-refractivity contribution in [2.24, 2.45) is 12.0 Å². The first kappa shape index (κ1) is 16.5.